The summed E-state index contributed by atoms with van der Waals surface area (Å²) in [6.45, 7) is 7.51. The minimum absolute atomic E-state index is 0.107. The third-order valence-corrected chi connectivity index (χ3v) is 6.53. The Hall–Kier alpha value is -2.92. The lowest BCUT2D eigenvalue weighted by Crippen LogP contribution is -2.24. The molecule has 0 bridgehead atoms. The van der Waals surface area contributed by atoms with Gasteiger partial charge in [-0.1, -0.05) is 30.7 Å². The van der Waals surface area contributed by atoms with E-state index < -0.39 is 11.1 Å². The molecule has 1 aliphatic rings. The smallest absolute Gasteiger partial charge is 0.229 e. The first-order valence-corrected chi connectivity index (χ1v) is 12.8. The molecule has 0 spiro atoms. The predicted molar refractivity (Wildman–Crippen MR) is 136 cm³/mol. The van der Waals surface area contributed by atoms with Gasteiger partial charge in [0.05, 0.1) is 24.2 Å². The summed E-state index contributed by atoms with van der Waals surface area (Å²) in [6.07, 6.45) is 2.59. The van der Waals surface area contributed by atoms with Crippen molar-refractivity contribution in [3.63, 3.8) is 0 Å². The summed E-state index contributed by atoms with van der Waals surface area (Å²) in [6, 6.07) is 12.1. The molecule has 11 heteroatoms. The van der Waals surface area contributed by atoms with Crippen LogP contribution in [0.25, 0.3) is 0 Å². The Labute approximate surface area is 212 Å². The van der Waals surface area contributed by atoms with E-state index in [0.29, 0.717) is 23.7 Å². The molecular weight excluding hydrogens is 490 g/mol. The summed E-state index contributed by atoms with van der Waals surface area (Å²) in [5.41, 5.74) is 1.02. The Morgan fingerprint density at radius 3 is 2.77 bits per heavy atom. The largest absolute Gasteiger partial charge is 0.768 e. The number of ether oxygens (including phenoxy) is 2. The van der Waals surface area contributed by atoms with Gasteiger partial charge in [0.2, 0.25) is 5.95 Å². The molecule has 0 aliphatic carbocycles. The third kappa shape index (κ3) is 6.40. The first-order valence-electron chi connectivity index (χ1n) is 11.4. The monoisotopic (exact) mass is 516 g/mol. The van der Waals surface area contributed by atoms with Crippen LogP contribution in [0.3, 0.4) is 0 Å². The van der Waals surface area contributed by atoms with Crippen LogP contribution in [0.4, 0.5) is 23.1 Å². The standard InChI is InChI=1S/C24H28ClN5O4S/c1-3-30-12-11-17(15-30)34-16-9-10-19(21(13-16)33-4-2)28-24-26-14-18(25)23(29-24)27-20-7-5-6-8-22(20)35(31)32/h5-10,13-14,17H,3-4,11-12,15H2,1-2H3,(H,31,32)(H2,26,27,28,29)/p-1. The van der Waals surface area contributed by atoms with E-state index in [2.05, 4.69) is 32.4 Å². The van der Waals surface area contributed by atoms with Crippen LogP contribution in [0.5, 0.6) is 11.5 Å². The molecular formula is C24H27ClN5O4S-. The average molecular weight is 517 g/mol. The van der Waals surface area contributed by atoms with E-state index in [-0.39, 0.29) is 27.8 Å². The van der Waals surface area contributed by atoms with E-state index in [1.165, 1.54) is 12.3 Å². The molecule has 0 amide bonds. The topological polar surface area (TPSA) is 112 Å². The van der Waals surface area contributed by atoms with Gasteiger partial charge in [0.15, 0.2) is 5.82 Å². The van der Waals surface area contributed by atoms with Crippen molar-refractivity contribution in [3.8, 4) is 11.5 Å². The van der Waals surface area contributed by atoms with Crippen molar-refractivity contribution in [3.05, 3.63) is 53.7 Å². The van der Waals surface area contributed by atoms with Gasteiger partial charge in [0.1, 0.15) is 22.6 Å². The van der Waals surface area contributed by atoms with Gasteiger partial charge in [-0.15, -0.1) is 0 Å². The highest BCUT2D eigenvalue weighted by atomic mass is 35.5. The quantitative estimate of drug-likeness (QED) is 0.369. The van der Waals surface area contributed by atoms with Crippen molar-refractivity contribution in [2.45, 2.75) is 31.3 Å². The molecule has 2 heterocycles. The number of rotatable bonds is 10. The van der Waals surface area contributed by atoms with Gasteiger partial charge in [-0.3, -0.25) is 9.11 Å². The van der Waals surface area contributed by atoms with Crippen LogP contribution in [0, 0.1) is 0 Å². The number of nitrogens with one attached hydrogen (secondary N) is 2. The van der Waals surface area contributed by atoms with Gasteiger partial charge in [-0.2, -0.15) is 4.98 Å². The van der Waals surface area contributed by atoms with Crippen molar-refractivity contribution in [1.82, 2.24) is 14.9 Å². The van der Waals surface area contributed by atoms with Crippen LogP contribution in [-0.2, 0) is 11.1 Å². The number of benzene rings is 2. The van der Waals surface area contributed by atoms with Crippen LogP contribution in [-0.4, -0.2) is 56.0 Å². The molecule has 2 unspecified atom stereocenters. The van der Waals surface area contributed by atoms with Crippen molar-refractivity contribution in [2.24, 2.45) is 0 Å². The predicted octanol–water partition coefficient (Wildman–Crippen LogP) is 4.73. The Morgan fingerprint density at radius 2 is 2.03 bits per heavy atom. The summed E-state index contributed by atoms with van der Waals surface area (Å²) in [5, 5.41) is 6.37. The molecule has 1 fully saturated rings. The lowest BCUT2D eigenvalue weighted by molar-refractivity contribution is 0.201. The number of likely N-dealkylation sites (tertiary alicyclic amines) is 1. The zero-order valence-electron chi connectivity index (χ0n) is 19.5. The van der Waals surface area contributed by atoms with Crippen molar-refractivity contribution >= 4 is 45.8 Å². The zero-order chi connectivity index (χ0) is 24.8. The SMILES string of the molecule is CCOc1cc(OC2CCN(CC)C2)ccc1Nc1ncc(Cl)c(Nc2ccccc2S(=O)[O-])n1. The van der Waals surface area contributed by atoms with E-state index >= 15 is 0 Å². The number of hydrogen-bond acceptors (Lipinski definition) is 9. The van der Waals surface area contributed by atoms with E-state index in [1.54, 1.807) is 18.2 Å². The number of likely N-dealkylation sites (N-methyl/N-ethyl adjacent to an activating group) is 1. The average Bonchev–Trinajstić information content (AvgIpc) is 3.31. The van der Waals surface area contributed by atoms with Crippen molar-refractivity contribution in [2.75, 3.05) is 36.9 Å². The fourth-order valence-corrected chi connectivity index (χ4v) is 4.43. The highest BCUT2D eigenvalue weighted by Crippen LogP contribution is 2.33. The maximum absolute atomic E-state index is 11.5. The number of hydrogen-bond donors (Lipinski definition) is 2. The number of para-hydroxylation sites is 1. The maximum Gasteiger partial charge on any atom is 0.229 e. The molecule has 9 nitrogen and oxygen atoms in total. The second-order valence-electron chi connectivity index (χ2n) is 7.88. The Balaban J connectivity index is 1.53. The first-order chi connectivity index (χ1) is 17.0. The minimum atomic E-state index is -2.42. The van der Waals surface area contributed by atoms with Gasteiger partial charge in [-0.25, -0.2) is 4.98 Å². The number of anilines is 4. The third-order valence-electron chi connectivity index (χ3n) is 5.54. The van der Waals surface area contributed by atoms with E-state index in [4.69, 9.17) is 21.1 Å². The van der Waals surface area contributed by atoms with Crippen LogP contribution < -0.4 is 20.1 Å². The van der Waals surface area contributed by atoms with Gasteiger partial charge >= 0.3 is 0 Å². The van der Waals surface area contributed by atoms with Gasteiger partial charge in [0, 0.05) is 24.1 Å². The molecule has 2 N–H and O–H groups in total. The Kier molecular flexibility index (Phi) is 8.40. The Morgan fingerprint density at radius 1 is 1.20 bits per heavy atom. The molecule has 3 aromatic rings. The molecule has 1 saturated heterocycles. The van der Waals surface area contributed by atoms with E-state index in [0.717, 1.165) is 31.8 Å². The molecule has 0 radical (unpaired) electrons. The van der Waals surface area contributed by atoms with Crippen LogP contribution in [0.15, 0.2) is 53.6 Å². The normalized spacial score (nSPS) is 16.6. The number of halogens is 1. The fraction of sp³-hybridized carbons (Fsp3) is 0.333. The molecule has 0 saturated carbocycles. The lowest BCUT2D eigenvalue weighted by atomic mass is 10.2. The molecule has 1 aromatic heterocycles. The van der Waals surface area contributed by atoms with E-state index in [1.807, 2.05) is 25.1 Å². The Bertz CT molecular complexity index is 1200. The molecule has 2 aromatic carbocycles. The molecule has 1 aliphatic heterocycles. The molecule has 2 atom stereocenters. The summed E-state index contributed by atoms with van der Waals surface area (Å²) in [5.74, 6) is 1.88. The second kappa shape index (κ2) is 11.7. The highest BCUT2D eigenvalue weighted by molar-refractivity contribution is 7.79. The summed E-state index contributed by atoms with van der Waals surface area (Å²) in [7, 11) is 0. The highest BCUT2D eigenvalue weighted by Gasteiger charge is 2.23. The summed E-state index contributed by atoms with van der Waals surface area (Å²) < 4.78 is 35.1. The van der Waals surface area contributed by atoms with Gasteiger partial charge in [0.25, 0.3) is 0 Å². The second-order valence-corrected chi connectivity index (χ2v) is 9.20. The molecule has 186 valence electrons. The first kappa shape index (κ1) is 25.2. The lowest BCUT2D eigenvalue weighted by Gasteiger charge is -2.18. The maximum atomic E-state index is 11.5. The van der Waals surface area contributed by atoms with Crippen molar-refractivity contribution in [1.29, 1.82) is 0 Å². The van der Waals surface area contributed by atoms with E-state index in [9.17, 15) is 8.76 Å². The van der Waals surface area contributed by atoms with Crippen LogP contribution in [0.1, 0.15) is 20.3 Å². The zero-order valence-corrected chi connectivity index (χ0v) is 21.1. The number of nitrogens with zero attached hydrogens (tertiary/aromatic N) is 3. The van der Waals surface area contributed by atoms with Crippen LogP contribution >= 0.6 is 11.6 Å². The molecule has 35 heavy (non-hydrogen) atoms. The van der Waals surface area contributed by atoms with Gasteiger partial charge in [-0.05, 0) is 55.2 Å². The summed E-state index contributed by atoms with van der Waals surface area (Å²) in [4.78, 5) is 11.1. The van der Waals surface area contributed by atoms with Crippen molar-refractivity contribution < 1.29 is 18.2 Å². The minimum Gasteiger partial charge on any atom is -0.768 e. The van der Waals surface area contributed by atoms with Gasteiger partial charge < -0.3 is 24.7 Å². The summed E-state index contributed by atoms with van der Waals surface area (Å²) >= 11 is 3.85. The number of aromatic nitrogens is 2. The fourth-order valence-electron chi connectivity index (χ4n) is 3.81. The molecule has 4 rings (SSSR count). The van der Waals surface area contributed by atoms with Crippen LogP contribution in [0.2, 0.25) is 5.02 Å².